The van der Waals surface area contributed by atoms with E-state index in [-0.39, 0.29) is 10.6 Å². The van der Waals surface area contributed by atoms with Gasteiger partial charge in [-0.05, 0) is 37.5 Å². The molecule has 6 heteroatoms. The third-order valence-electron chi connectivity index (χ3n) is 3.64. The molecule has 0 aliphatic heterocycles. The number of nitrogens with one attached hydrogen (secondary N) is 1. The first-order valence-electron chi connectivity index (χ1n) is 6.39. The molecule has 0 aromatic heterocycles. The van der Waals surface area contributed by atoms with Gasteiger partial charge in [-0.2, -0.15) is 0 Å². The molecule has 0 saturated heterocycles. The highest BCUT2D eigenvalue weighted by Crippen LogP contribution is 2.27. The summed E-state index contributed by atoms with van der Waals surface area (Å²) in [6.07, 6.45) is 2.24. The average Bonchev–Trinajstić information content (AvgIpc) is 2.35. The number of hydrogen-bond acceptors (Lipinski definition) is 3. The lowest BCUT2D eigenvalue weighted by Crippen LogP contribution is -2.47. The van der Waals surface area contributed by atoms with Crippen LogP contribution in [0.1, 0.15) is 40.0 Å². The van der Waals surface area contributed by atoms with E-state index in [1.165, 1.54) is 6.07 Å². The highest BCUT2D eigenvalue weighted by Gasteiger charge is 2.31. The summed E-state index contributed by atoms with van der Waals surface area (Å²) in [5.41, 5.74) is 5.65. The highest BCUT2D eigenvalue weighted by molar-refractivity contribution is 9.10. The number of nitrogen functional groups attached to an aromatic ring is 1. The van der Waals surface area contributed by atoms with E-state index in [1.807, 2.05) is 20.8 Å². The van der Waals surface area contributed by atoms with Crippen LogP contribution in [0.25, 0.3) is 0 Å². The summed E-state index contributed by atoms with van der Waals surface area (Å²) < 4.78 is 28.5. The number of sulfonamides is 1. The molecule has 0 spiro atoms. The van der Waals surface area contributed by atoms with Gasteiger partial charge in [-0.25, -0.2) is 13.1 Å². The maximum atomic E-state index is 12.5. The molecule has 0 aliphatic carbocycles. The van der Waals surface area contributed by atoms with Gasteiger partial charge in [-0.3, -0.25) is 0 Å². The van der Waals surface area contributed by atoms with Crippen molar-refractivity contribution in [3.05, 3.63) is 22.7 Å². The van der Waals surface area contributed by atoms with Gasteiger partial charge in [0, 0.05) is 10.0 Å². The smallest absolute Gasteiger partial charge is 0.243 e. The monoisotopic (exact) mass is 348 g/mol. The van der Waals surface area contributed by atoms with E-state index in [0.29, 0.717) is 0 Å². The Labute approximate surface area is 124 Å². The van der Waals surface area contributed by atoms with Gasteiger partial charge < -0.3 is 5.73 Å². The van der Waals surface area contributed by atoms with Crippen molar-refractivity contribution in [2.45, 2.75) is 50.5 Å². The number of halogens is 1. The molecule has 0 atom stereocenters. The zero-order chi connectivity index (χ0) is 14.7. The molecule has 1 aromatic carbocycles. The Kier molecular flexibility index (Phi) is 5.41. The molecule has 0 amide bonds. The van der Waals surface area contributed by atoms with Crippen molar-refractivity contribution in [2.24, 2.45) is 0 Å². The van der Waals surface area contributed by atoms with Crippen molar-refractivity contribution >= 4 is 31.6 Å². The third-order valence-corrected chi connectivity index (χ3v) is 5.79. The van der Waals surface area contributed by atoms with Crippen LogP contribution < -0.4 is 10.5 Å². The van der Waals surface area contributed by atoms with Crippen LogP contribution in [0, 0.1) is 0 Å². The van der Waals surface area contributed by atoms with Crippen LogP contribution in [0.5, 0.6) is 0 Å². The second-order valence-electron chi connectivity index (χ2n) is 4.63. The van der Waals surface area contributed by atoms with Gasteiger partial charge in [0.2, 0.25) is 10.0 Å². The molecule has 0 radical (unpaired) electrons. The van der Waals surface area contributed by atoms with Crippen LogP contribution in [0.2, 0.25) is 0 Å². The largest absolute Gasteiger partial charge is 0.398 e. The van der Waals surface area contributed by atoms with Crippen molar-refractivity contribution in [3.63, 3.8) is 0 Å². The molecule has 0 fully saturated rings. The normalized spacial score (nSPS) is 12.6. The van der Waals surface area contributed by atoms with Crippen molar-refractivity contribution < 1.29 is 8.42 Å². The first kappa shape index (κ1) is 16.5. The highest BCUT2D eigenvalue weighted by atomic mass is 79.9. The zero-order valence-electron chi connectivity index (χ0n) is 11.5. The van der Waals surface area contributed by atoms with Gasteiger partial charge in [0.15, 0.2) is 0 Å². The lowest BCUT2D eigenvalue weighted by molar-refractivity contribution is 0.342. The Bertz CT molecular complexity index is 531. The summed E-state index contributed by atoms with van der Waals surface area (Å²) in [6.45, 7) is 5.96. The quantitative estimate of drug-likeness (QED) is 0.774. The van der Waals surface area contributed by atoms with E-state index in [2.05, 4.69) is 20.7 Å². The molecule has 0 heterocycles. The van der Waals surface area contributed by atoms with E-state index >= 15 is 0 Å². The Morgan fingerprint density at radius 3 is 2.16 bits per heavy atom. The van der Waals surface area contributed by atoms with Crippen LogP contribution in [-0.2, 0) is 10.0 Å². The van der Waals surface area contributed by atoms with E-state index in [0.717, 1.165) is 23.7 Å². The zero-order valence-corrected chi connectivity index (χ0v) is 13.9. The first-order chi connectivity index (χ1) is 8.80. The number of benzene rings is 1. The van der Waals surface area contributed by atoms with E-state index < -0.39 is 15.6 Å². The SMILES string of the molecule is CCC(CC)(CC)NS(=O)(=O)c1ccc(Br)cc1N. The third kappa shape index (κ3) is 3.70. The minimum atomic E-state index is -3.60. The molecule has 19 heavy (non-hydrogen) atoms. The molecule has 1 aromatic rings. The van der Waals surface area contributed by atoms with Crippen LogP contribution in [0.3, 0.4) is 0 Å². The molecule has 3 N–H and O–H groups in total. The Balaban J connectivity index is 3.17. The number of anilines is 1. The van der Waals surface area contributed by atoms with Crippen LogP contribution in [-0.4, -0.2) is 14.0 Å². The Morgan fingerprint density at radius 2 is 1.74 bits per heavy atom. The van der Waals surface area contributed by atoms with Gasteiger partial charge in [-0.15, -0.1) is 0 Å². The summed E-state index contributed by atoms with van der Waals surface area (Å²) in [6, 6.07) is 4.80. The summed E-state index contributed by atoms with van der Waals surface area (Å²) in [4.78, 5) is 0.135. The fourth-order valence-electron chi connectivity index (χ4n) is 2.07. The topological polar surface area (TPSA) is 72.2 Å². The van der Waals surface area contributed by atoms with Gasteiger partial charge in [0.1, 0.15) is 4.90 Å². The summed E-state index contributed by atoms with van der Waals surface area (Å²) in [5, 5.41) is 0. The fraction of sp³-hybridized carbons (Fsp3) is 0.538. The summed E-state index contributed by atoms with van der Waals surface area (Å²) in [5.74, 6) is 0. The molecular formula is C13H21BrN2O2S. The number of nitrogens with two attached hydrogens (primary N) is 1. The van der Waals surface area contributed by atoms with Crippen LogP contribution >= 0.6 is 15.9 Å². The van der Waals surface area contributed by atoms with Crippen LogP contribution in [0.15, 0.2) is 27.6 Å². The summed E-state index contributed by atoms with van der Waals surface area (Å²) >= 11 is 3.27. The molecule has 1 rings (SSSR count). The van der Waals surface area contributed by atoms with Gasteiger partial charge >= 0.3 is 0 Å². The molecular weight excluding hydrogens is 328 g/mol. The molecule has 0 unspecified atom stereocenters. The molecule has 0 saturated carbocycles. The predicted molar refractivity (Wildman–Crippen MR) is 82.5 cm³/mol. The maximum absolute atomic E-state index is 12.5. The van der Waals surface area contributed by atoms with E-state index in [1.54, 1.807) is 12.1 Å². The minimum Gasteiger partial charge on any atom is -0.398 e. The van der Waals surface area contributed by atoms with Gasteiger partial charge in [-0.1, -0.05) is 36.7 Å². The lowest BCUT2D eigenvalue weighted by Gasteiger charge is -2.31. The number of hydrogen-bond donors (Lipinski definition) is 2. The second-order valence-corrected chi connectivity index (χ2v) is 7.20. The van der Waals surface area contributed by atoms with E-state index in [4.69, 9.17) is 5.73 Å². The fourth-order valence-corrected chi connectivity index (χ4v) is 4.18. The minimum absolute atomic E-state index is 0.135. The predicted octanol–water partition coefficient (Wildman–Crippen LogP) is 3.28. The lowest BCUT2D eigenvalue weighted by atomic mass is 9.91. The van der Waals surface area contributed by atoms with Crippen LogP contribution in [0.4, 0.5) is 5.69 Å². The number of rotatable bonds is 6. The molecule has 108 valence electrons. The molecule has 0 bridgehead atoms. The van der Waals surface area contributed by atoms with Crippen molar-refractivity contribution in [1.29, 1.82) is 0 Å². The summed E-state index contributed by atoms with van der Waals surface area (Å²) in [7, 11) is -3.60. The standard InChI is InChI=1S/C13H21BrN2O2S/c1-4-13(5-2,6-3)16-19(17,18)12-8-7-10(14)9-11(12)15/h7-9,16H,4-6,15H2,1-3H3. The Morgan fingerprint density at radius 1 is 1.21 bits per heavy atom. The average molecular weight is 349 g/mol. The van der Waals surface area contributed by atoms with Gasteiger partial charge in [0.25, 0.3) is 0 Å². The van der Waals surface area contributed by atoms with Crippen molar-refractivity contribution in [1.82, 2.24) is 4.72 Å². The second kappa shape index (κ2) is 6.24. The van der Waals surface area contributed by atoms with Crippen molar-refractivity contribution in [2.75, 3.05) is 5.73 Å². The first-order valence-corrected chi connectivity index (χ1v) is 8.67. The molecule has 0 aliphatic rings. The van der Waals surface area contributed by atoms with Crippen molar-refractivity contribution in [3.8, 4) is 0 Å². The molecule has 4 nitrogen and oxygen atoms in total. The maximum Gasteiger partial charge on any atom is 0.243 e. The Hall–Kier alpha value is -0.590. The van der Waals surface area contributed by atoms with Gasteiger partial charge in [0.05, 0.1) is 5.69 Å². The van der Waals surface area contributed by atoms with E-state index in [9.17, 15) is 8.42 Å².